The number of thiazole rings is 1. The van der Waals surface area contributed by atoms with Crippen molar-refractivity contribution >= 4 is 56.0 Å². The van der Waals surface area contributed by atoms with Gasteiger partial charge in [-0.05, 0) is 42.6 Å². The Kier molecular flexibility index (Phi) is 5.93. The lowest BCUT2D eigenvalue weighted by Gasteiger charge is -2.20. The molecule has 6 nitrogen and oxygen atoms in total. The highest BCUT2D eigenvalue weighted by atomic mass is 32.2. The van der Waals surface area contributed by atoms with Crippen LogP contribution in [0, 0.1) is 6.92 Å². The van der Waals surface area contributed by atoms with Crippen molar-refractivity contribution in [2.75, 3.05) is 9.62 Å². The average Bonchev–Trinajstić information content (AvgIpc) is 3.41. The lowest BCUT2D eigenvalue weighted by Crippen LogP contribution is -2.20. The van der Waals surface area contributed by atoms with Gasteiger partial charge < -0.3 is 0 Å². The fourth-order valence-corrected chi connectivity index (χ4v) is 5.03. The molecule has 0 aliphatic carbocycles. The number of nitrogens with one attached hydrogen (secondary N) is 1. The van der Waals surface area contributed by atoms with Crippen LogP contribution in [-0.2, 0) is 10.9 Å². The highest BCUT2D eigenvalue weighted by Crippen LogP contribution is 2.31. The van der Waals surface area contributed by atoms with Crippen molar-refractivity contribution in [1.29, 1.82) is 0 Å². The Morgan fingerprint density at radius 1 is 1.00 bits per heavy atom. The lowest BCUT2D eigenvalue weighted by molar-refractivity contribution is 0.102. The molecule has 0 aliphatic heterocycles. The minimum Gasteiger partial charge on any atom is -0.298 e. The summed E-state index contributed by atoms with van der Waals surface area (Å²) in [6.07, 6.45) is 0. The van der Waals surface area contributed by atoms with E-state index in [0.29, 0.717) is 10.8 Å². The summed E-state index contributed by atoms with van der Waals surface area (Å²) in [4.78, 5) is 18.5. The molecule has 2 aromatic carbocycles. The van der Waals surface area contributed by atoms with Gasteiger partial charge in [0.25, 0.3) is 5.91 Å². The van der Waals surface area contributed by atoms with Crippen LogP contribution in [0.3, 0.4) is 0 Å². The second kappa shape index (κ2) is 8.78. The zero-order valence-electron chi connectivity index (χ0n) is 15.8. The van der Waals surface area contributed by atoms with Crippen molar-refractivity contribution in [2.45, 2.75) is 6.92 Å². The molecule has 30 heavy (non-hydrogen) atoms. The maximum absolute atomic E-state index is 13.0. The Bertz CT molecular complexity index is 1240. The molecule has 1 N–H and O–H groups in total. The molecule has 152 valence electrons. The molecular formula is C21H17N3O3S3. The fourth-order valence-electron chi connectivity index (χ4n) is 2.89. The minimum absolute atomic E-state index is 0.241. The van der Waals surface area contributed by atoms with Crippen LogP contribution in [0.4, 0.5) is 16.5 Å². The van der Waals surface area contributed by atoms with E-state index in [4.69, 9.17) is 0 Å². The molecule has 9 heteroatoms. The lowest BCUT2D eigenvalue weighted by atomic mass is 10.1. The summed E-state index contributed by atoms with van der Waals surface area (Å²) >= 11 is 2.89. The SMILES string of the molecule is Cc1ccc(N(c2ccccc2C(=O)Nc2nc(-c3cccs3)cs2)[SH](=O)=O)cc1. The van der Waals surface area contributed by atoms with Gasteiger partial charge in [-0.2, -0.15) is 0 Å². The topological polar surface area (TPSA) is 79.4 Å². The summed E-state index contributed by atoms with van der Waals surface area (Å²) < 4.78 is 25.3. The zero-order valence-corrected chi connectivity index (χ0v) is 18.3. The highest BCUT2D eigenvalue weighted by molar-refractivity contribution is 7.74. The van der Waals surface area contributed by atoms with Crippen molar-refractivity contribution in [2.24, 2.45) is 0 Å². The van der Waals surface area contributed by atoms with Gasteiger partial charge in [0.05, 0.1) is 27.5 Å². The van der Waals surface area contributed by atoms with Crippen molar-refractivity contribution in [1.82, 2.24) is 4.98 Å². The van der Waals surface area contributed by atoms with Crippen LogP contribution < -0.4 is 9.62 Å². The van der Waals surface area contributed by atoms with Crippen LogP contribution in [0.15, 0.2) is 71.4 Å². The number of aromatic nitrogens is 1. The number of hydrogen-bond acceptors (Lipinski definition) is 6. The van der Waals surface area contributed by atoms with E-state index in [9.17, 15) is 13.2 Å². The van der Waals surface area contributed by atoms with Gasteiger partial charge in [0.15, 0.2) is 5.13 Å². The predicted molar refractivity (Wildman–Crippen MR) is 123 cm³/mol. The van der Waals surface area contributed by atoms with Crippen LogP contribution >= 0.6 is 22.7 Å². The van der Waals surface area contributed by atoms with Crippen LogP contribution in [0.2, 0.25) is 0 Å². The number of nitrogens with zero attached hydrogens (tertiary/aromatic N) is 2. The van der Waals surface area contributed by atoms with E-state index >= 15 is 0 Å². The Morgan fingerprint density at radius 2 is 1.77 bits per heavy atom. The summed E-state index contributed by atoms with van der Waals surface area (Å²) in [6, 6.07) is 17.6. The fraction of sp³-hybridized carbons (Fsp3) is 0.0476. The van der Waals surface area contributed by atoms with E-state index in [1.807, 2.05) is 41.9 Å². The number of carbonyl (C=O) groups is 1. The molecule has 0 fully saturated rings. The van der Waals surface area contributed by atoms with Gasteiger partial charge in [0.2, 0.25) is 10.9 Å². The zero-order chi connectivity index (χ0) is 21.1. The molecule has 0 saturated heterocycles. The second-order valence-corrected chi connectivity index (χ2v) is 9.05. The molecule has 0 bridgehead atoms. The largest absolute Gasteiger partial charge is 0.298 e. The number of thiol groups is 1. The number of thiophene rings is 1. The normalized spacial score (nSPS) is 10.9. The van der Waals surface area contributed by atoms with Gasteiger partial charge in [0.1, 0.15) is 0 Å². The van der Waals surface area contributed by atoms with Crippen LogP contribution in [0.25, 0.3) is 10.6 Å². The first-order valence-electron chi connectivity index (χ1n) is 8.94. The number of anilines is 3. The first-order valence-corrected chi connectivity index (χ1v) is 11.8. The molecule has 2 aromatic heterocycles. The third-order valence-electron chi connectivity index (χ3n) is 4.32. The Labute approximate surface area is 183 Å². The molecule has 0 radical (unpaired) electrons. The van der Waals surface area contributed by atoms with E-state index < -0.39 is 16.8 Å². The van der Waals surface area contributed by atoms with Crippen LogP contribution in [0.5, 0.6) is 0 Å². The molecule has 0 atom stereocenters. The molecule has 1 amide bonds. The summed E-state index contributed by atoms with van der Waals surface area (Å²) in [5.74, 6) is -0.424. The van der Waals surface area contributed by atoms with Gasteiger partial charge in [0, 0.05) is 5.38 Å². The smallest absolute Gasteiger partial charge is 0.259 e. The molecule has 0 spiro atoms. The summed E-state index contributed by atoms with van der Waals surface area (Å²) in [6.45, 7) is 1.92. The van der Waals surface area contributed by atoms with E-state index in [1.54, 1.807) is 47.7 Å². The van der Waals surface area contributed by atoms with Crippen LogP contribution in [0.1, 0.15) is 15.9 Å². The van der Waals surface area contributed by atoms with Crippen molar-refractivity contribution in [3.8, 4) is 10.6 Å². The van der Waals surface area contributed by atoms with E-state index in [2.05, 4.69) is 10.3 Å². The summed E-state index contributed by atoms with van der Waals surface area (Å²) in [7, 11) is -3.01. The van der Waals surface area contributed by atoms with Gasteiger partial charge in [-0.1, -0.05) is 35.9 Å². The molecule has 2 heterocycles. The maximum Gasteiger partial charge on any atom is 0.259 e. The number of aryl methyl sites for hydroxylation is 1. The number of amides is 1. The number of para-hydroxylation sites is 1. The van der Waals surface area contributed by atoms with Gasteiger partial charge >= 0.3 is 0 Å². The third-order valence-corrected chi connectivity index (χ3v) is 6.74. The Morgan fingerprint density at radius 3 is 2.47 bits per heavy atom. The van der Waals surface area contributed by atoms with Gasteiger partial charge in [-0.25, -0.2) is 17.7 Å². The van der Waals surface area contributed by atoms with E-state index in [1.165, 1.54) is 11.3 Å². The van der Waals surface area contributed by atoms with E-state index in [0.717, 1.165) is 20.4 Å². The first kappa shape index (κ1) is 20.3. The monoisotopic (exact) mass is 455 g/mol. The van der Waals surface area contributed by atoms with E-state index in [-0.39, 0.29) is 11.3 Å². The van der Waals surface area contributed by atoms with Gasteiger partial charge in [-0.15, -0.1) is 22.7 Å². The van der Waals surface area contributed by atoms with Crippen LogP contribution in [-0.4, -0.2) is 19.3 Å². The molecule has 0 unspecified atom stereocenters. The predicted octanol–water partition coefficient (Wildman–Crippen LogP) is 5.10. The Hall–Kier alpha value is -3.01. The van der Waals surface area contributed by atoms with Crippen molar-refractivity contribution < 1.29 is 13.2 Å². The molecule has 4 aromatic rings. The maximum atomic E-state index is 13.0. The van der Waals surface area contributed by atoms with Crippen molar-refractivity contribution in [3.63, 3.8) is 0 Å². The summed E-state index contributed by atoms with van der Waals surface area (Å²) in [5, 5.41) is 7.08. The quantitative estimate of drug-likeness (QED) is 0.397. The summed E-state index contributed by atoms with van der Waals surface area (Å²) in [5.41, 5.74) is 2.79. The third kappa shape index (κ3) is 4.28. The molecule has 0 aliphatic rings. The molecular weight excluding hydrogens is 438 g/mol. The number of carbonyl (C=O) groups excluding carboxylic acids is 1. The number of benzene rings is 2. The van der Waals surface area contributed by atoms with Crippen molar-refractivity contribution in [3.05, 3.63) is 82.6 Å². The molecule has 4 rings (SSSR count). The second-order valence-electron chi connectivity index (χ2n) is 6.37. The first-order chi connectivity index (χ1) is 14.5. The minimum atomic E-state index is -3.01. The molecule has 0 saturated carbocycles. The average molecular weight is 456 g/mol. The van der Waals surface area contributed by atoms with Gasteiger partial charge in [-0.3, -0.25) is 10.1 Å². The Balaban J connectivity index is 1.65. The number of hydrogen-bond donors (Lipinski definition) is 2. The number of rotatable bonds is 6. The standard InChI is InChI=1S/C21H17N3O3S3/c1-14-8-10-15(11-9-14)24(30(26)27)18-6-3-2-5-16(18)20(25)23-21-22-17(13-29-21)19-7-4-12-28-19/h2-13,30H,1H3,(H,22,23,25). The highest BCUT2D eigenvalue weighted by Gasteiger charge is 2.20.